The third kappa shape index (κ3) is 9.33. The van der Waals surface area contributed by atoms with Crippen molar-refractivity contribution in [2.24, 2.45) is 5.73 Å². The molecule has 0 rings (SSSR count). The Kier molecular flexibility index (Phi) is 13.6. The minimum Gasteiger partial charge on any atom is -0.344 e. The van der Waals surface area contributed by atoms with Crippen LogP contribution < -0.4 is 11.9 Å². The number of rotatable bonds is 4. The summed E-state index contributed by atoms with van der Waals surface area (Å²) in [5.41, 5.74) is 5.27. The smallest absolute Gasteiger partial charge is 0.00773 e. The van der Waals surface area contributed by atoms with E-state index in [0.29, 0.717) is 0 Å². The van der Waals surface area contributed by atoms with Gasteiger partial charge < -0.3 is 11.9 Å². The van der Waals surface area contributed by atoms with Gasteiger partial charge in [0.05, 0.1) is 0 Å². The summed E-state index contributed by atoms with van der Waals surface area (Å²) in [7, 11) is 0. The molecule has 0 saturated carbocycles. The van der Waals surface area contributed by atoms with Crippen molar-refractivity contribution >= 4 is 0 Å². The maximum atomic E-state index is 5.27. The molecule has 2 heteroatoms. The molecule has 0 atom stereocenters. The van der Waals surface area contributed by atoms with E-state index in [9.17, 15) is 0 Å². The summed E-state index contributed by atoms with van der Waals surface area (Å²) in [5.74, 6) is 0. The highest BCUT2D eigenvalue weighted by molar-refractivity contribution is 4.38. The summed E-state index contributed by atoms with van der Waals surface area (Å²) in [4.78, 5) is 0. The molecule has 0 heterocycles. The Balaban J connectivity index is 0. The van der Waals surface area contributed by atoms with E-state index >= 15 is 0 Å². The summed E-state index contributed by atoms with van der Waals surface area (Å²) in [5, 5.41) is 0. The molecule has 0 radical (unpaired) electrons. The van der Waals surface area contributed by atoms with Crippen molar-refractivity contribution in [2.75, 3.05) is 6.54 Å². The molecule has 2 nitrogen and oxygen atoms in total. The molecular formula is C6H18N2. The van der Waals surface area contributed by atoms with Crippen molar-refractivity contribution in [3.8, 4) is 0 Å². The van der Waals surface area contributed by atoms with Gasteiger partial charge in [0.1, 0.15) is 0 Å². The van der Waals surface area contributed by atoms with E-state index in [0.717, 1.165) is 6.54 Å². The van der Waals surface area contributed by atoms with Gasteiger partial charge in [0.25, 0.3) is 0 Å². The lowest BCUT2D eigenvalue weighted by Crippen LogP contribution is -1.97. The van der Waals surface area contributed by atoms with E-state index in [-0.39, 0.29) is 6.15 Å². The van der Waals surface area contributed by atoms with E-state index in [1.54, 1.807) is 0 Å². The second-order valence-electron chi connectivity index (χ2n) is 1.85. The van der Waals surface area contributed by atoms with Gasteiger partial charge in [-0.15, -0.1) is 0 Å². The molecule has 0 aliphatic heterocycles. The van der Waals surface area contributed by atoms with Crippen LogP contribution in [-0.4, -0.2) is 6.54 Å². The van der Waals surface area contributed by atoms with Crippen molar-refractivity contribution in [3.05, 3.63) is 0 Å². The molecule has 0 aromatic carbocycles. The SMILES string of the molecule is CCCCCCN.N. The normalized spacial score (nSPS) is 8.25. The standard InChI is InChI=1S/C6H15N.H3N/c1-2-3-4-5-6-7;/h2-7H2,1H3;1H3. The van der Waals surface area contributed by atoms with E-state index in [1.165, 1.54) is 25.7 Å². The van der Waals surface area contributed by atoms with Crippen molar-refractivity contribution in [1.29, 1.82) is 0 Å². The minimum atomic E-state index is 0. The fourth-order valence-corrected chi connectivity index (χ4v) is 0.571. The van der Waals surface area contributed by atoms with Gasteiger partial charge in [0.2, 0.25) is 0 Å². The van der Waals surface area contributed by atoms with Gasteiger partial charge in [-0.3, -0.25) is 0 Å². The monoisotopic (exact) mass is 118 g/mol. The van der Waals surface area contributed by atoms with Crippen LogP contribution in [0.3, 0.4) is 0 Å². The van der Waals surface area contributed by atoms with Gasteiger partial charge in [-0.05, 0) is 13.0 Å². The molecule has 0 saturated heterocycles. The largest absolute Gasteiger partial charge is 0.344 e. The number of nitrogens with two attached hydrogens (primary N) is 1. The van der Waals surface area contributed by atoms with Gasteiger partial charge in [0, 0.05) is 0 Å². The van der Waals surface area contributed by atoms with Gasteiger partial charge in [-0.25, -0.2) is 0 Å². The minimum absolute atomic E-state index is 0. The zero-order valence-electron chi connectivity index (χ0n) is 5.82. The van der Waals surface area contributed by atoms with E-state index in [4.69, 9.17) is 5.73 Å². The molecule has 0 aromatic rings. The van der Waals surface area contributed by atoms with Crippen molar-refractivity contribution in [1.82, 2.24) is 6.15 Å². The third-order valence-corrected chi connectivity index (χ3v) is 1.06. The topological polar surface area (TPSA) is 61.0 Å². The Morgan fingerprint density at radius 3 is 2.12 bits per heavy atom. The fourth-order valence-electron chi connectivity index (χ4n) is 0.571. The predicted molar refractivity (Wildman–Crippen MR) is 38.2 cm³/mol. The Morgan fingerprint density at radius 1 is 1.12 bits per heavy atom. The van der Waals surface area contributed by atoms with Crippen molar-refractivity contribution < 1.29 is 0 Å². The van der Waals surface area contributed by atoms with Crippen LogP contribution in [0.2, 0.25) is 0 Å². The Bertz CT molecular complexity index is 25.7. The second-order valence-corrected chi connectivity index (χ2v) is 1.85. The van der Waals surface area contributed by atoms with Crippen LogP contribution in [0.5, 0.6) is 0 Å². The highest BCUT2D eigenvalue weighted by Gasteiger charge is 1.80. The van der Waals surface area contributed by atoms with Gasteiger partial charge in [-0.1, -0.05) is 26.2 Å². The molecule has 0 fully saturated rings. The van der Waals surface area contributed by atoms with Crippen LogP contribution in [0.1, 0.15) is 32.6 Å². The molecule has 8 heavy (non-hydrogen) atoms. The molecule has 5 N–H and O–H groups in total. The Hall–Kier alpha value is -0.0800. The predicted octanol–water partition coefficient (Wildman–Crippen LogP) is 1.69. The molecule has 0 bridgehead atoms. The summed E-state index contributed by atoms with van der Waals surface area (Å²) in [6, 6.07) is 0. The van der Waals surface area contributed by atoms with E-state index in [1.807, 2.05) is 0 Å². The highest BCUT2D eigenvalue weighted by Crippen LogP contribution is 1.95. The first-order valence-electron chi connectivity index (χ1n) is 3.12. The quantitative estimate of drug-likeness (QED) is 0.552. The lowest BCUT2D eigenvalue weighted by molar-refractivity contribution is 0.674. The first-order valence-corrected chi connectivity index (χ1v) is 3.12. The first-order chi connectivity index (χ1) is 3.41. The fraction of sp³-hybridized carbons (Fsp3) is 1.00. The van der Waals surface area contributed by atoms with Gasteiger partial charge in [-0.2, -0.15) is 0 Å². The summed E-state index contributed by atoms with van der Waals surface area (Å²) >= 11 is 0. The van der Waals surface area contributed by atoms with Crippen molar-refractivity contribution in [2.45, 2.75) is 32.6 Å². The maximum absolute atomic E-state index is 5.27. The lowest BCUT2D eigenvalue weighted by atomic mass is 10.2. The van der Waals surface area contributed by atoms with Crippen molar-refractivity contribution in [3.63, 3.8) is 0 Å². The zero-order valence-corrected chi connectivity index (χ0v) is 5.82. The lowest BCUT2D eigenvalue weighted by Gasteiger charge is -1.90. The van der Waals surface area contributed by atoms with Crippen LogP contribution in [0.15, 0.2) is 0 Å². The number of unbranched alkanes of at least 4 members (excludes halogenated alkanes) is 3. The summed E-state index contributed by atoms with van der Waals surface area (Å²) in [6.45, 7) is 3.07. The molecule has 0 aromatic heterocycles. The molecule has 0 aliphatic carbocycles. The molecule has 0 amide bonds. The Morgan fingerprint density at radius 2 is 1.75 bits per heavy atom. The first kappa shape index (κ1) is 10.8. The Labute approximate surface area is 52.0 Å². The summed E-state index contributed by atoms with van der Waals surface area (Å²) in [6.07, 6.45) is 5.16. The van der Waals surface area contributed by atoms with Gasteiger partial charge in [0.15, 0.2) is 0 Å². The maximum Gasteiger partial charge on any atom is -0.00773 e. The molecule has 52 valence electrons. The average molecular weight is 118 g/mol. The summed E-state index contributed by atoms with van der Waals surface area (Å²) < 4.78 is 0. The third-order valence-electron chi connectivity index (χ3n) is 1.06. The average Bonchev–Trinajstić information content (AvgIpc) is 1.69. The zero-order chi connectivity index (χ0) is 5.54. The van der Waals surface area contributed by atoms with Crippen LogP contribution >= 0.6 is 0 Å². The van der Waals surface area contributed by atoms with E-state index < -0.39 is 0 Å². The van der Waals surface area contributed by atoms with Crippen LogP contribution in [0, 0.1) is 0 Å². The molecular weight excluding hydrogens is 100 g/mol. The highest BCUT2D eigenvalue weighted by atomic mass is 14.5. The van der Waals surface area contributed by atoms with Crippen LogP contribution in [0.25, 0.3) is 0 Å². The van der Waals surface area contributed by atoms with Crippen LogP contribution in [0.4, 0.5) is 0 Å². The van der Waals surface area contributed by atoms with E-state index in [2.05, 4.69) is 6.92 Å². The second kappa shape index (κ2) is 10.0. The van der Waals surface area contributed by atoms with Crippen LogP contribution in [-0.2, 0) is 0 Å². The number of hydrogen-bond acceptors (Lipinski definition) is 2. The molecule has 0 unspecified atom stereocenters. The molecule has 0 spiro atoms. The van der Waals surface area contributed by atoms with Gasteiger partial charge >= 0.3 is 0 Å². The number of hydrogen-bond donors (Lipinski definition) is 2. The molecule has 0 aliphatic rings.